The SMILES string of the molecule is C/C=C\c1c(C)ccc(C)c1F.CC.COc1cc2ncnc(C)c2cc1OCCCN1CCN(C(C)=C2CCC2)CC1. The van der Waals surface area contributed by atoms with Gasteiger partial charge in [0.15, 0.2) is 11.5 Å². The number of allylic oxidation sites excluding steroid dienone is 3. The molecule has 2 fully saturated rings. The van der Waals surface area contributed by atoms with E-state index < -0.39 is 0 Å². The second-order valence-electron chi connectivity index (χ2n) is 11.0. The Morgan fingerprint density at radius 3 is 2.30 bits per heavy atom. The summed E-state index contributed by atoms with van der Waals surface area (Å²) in [6.07, 6.45) is 10.2. The number of hydrogen-bond acceptors (Lipinski definition) is 6. The summed E-state index contributed by atoms with van der Waals surface area (Å²) < 4.78 is 25.0. The fourth-order valence-corrected chi connectivity index (χ4v) is 5.35. The highest BCUT2D eigenvalue weighted by Gasteiger charge is 2.21. The van der Waals surface area contributed by atoms with Crippen LogP contribution in [-0.2, 0) is 0 Å². The Labute approximate surface area is 258 Å². The molecule has 5 rings (SSSR count). The third-order valence-electron chi connectivity index (χ3n) is 8.24. The van der Waals surface area contributed by atoms with Crippen LogP contribution < -0.4 is 9.47 Å². The highest BCUT2D eigenvalue weighted by molar-refractivity contribution is 5.84. The fraction of sp³-hybridized carbons (Fsp3) is 0.500. The number of hydrogen-bond donors (Lipinski definition) is 0. The van der Waals surface area contributed by atoms with E-state index in [-0.39, 0.29) is 5.82 Å². The maximum atomic E-state index is 13.4. The topological polar surface area (TPSA) is 50.7 Å². The predicted octanol–water partition coefficient (Wildman–Crippen LogP) is 8.29. The Balaban J connectivity index is 0.000000303. The van der Waals surface area contributed by atoms with Gasteiger partial charge in [-0.3, -0.25) is 4.90 Å². The van der Waals surface area contributed by atoms with Crippen LogP contribution in [0.3, 0.4) is 0 Å². The van der Waals surface area contributed by atoms with Crippen molar-refractivity contribution in [3.63, 3.8) is 0 Å². The van der Waals surface area contributed by atoms with Gasteiger partial charge in [0.2, 0.25) is 0 Å². The first-order valence-electron chi connectivity index (χ1n) is 15.8. The minimum Gasteiger partial charge on any atom is -0.493 e. The molecule has 0 radical (unpaired) electrons. The molecule has 3 aromatic rings. The van der Waals surface area contributed by atoms with E-state index in [1.807, 2.05) is 58.9 Å². The molecule has 0 atom stereocenters. The lowest BCUT2D eigenvalue weighted by Crippen LogP contribution is -2.46. The molecule has 234 valence electrons. The Bertz CT molecular complexity index is 1390. The number of halogens is 1. The number of ether oxygens (including phenoxy) is 2. The number of nitrogens with zero attached hydrogens (tertiary/aromatic N) is 4. The monoisotopic (exact) mass is 590 g/mol. The quantitative estimate of drug-likeness (QED) is 0.246. The van der Waals surface area contributed by atoms with Crippen molar-refractivity contribution in [1.29, 1.82) is 0 Å². The van der Waals surface area contributed by atoms with Crippen LogP contribution in [0.1, 0.15) is 75.8 Å². The summed E-state index contributed by atoms with van der Waals surface area (Å²) in [7, 11) is 1.67. The summed E-state index contributed by atoms with van der Waals surface area (Å²) in [6, 6.07) is 7.67. The standard InChI is InChI=1S/C23H32N4O2.C11H13F.C2H6/c1-17-20-14-23(22(28-3)15-21(20)25-16-24-17)29-13-5-8-26-9-11-27(12-10-26)18(2)19-6-4-7-19;1-4-5-10-8(2)6-7-9(3)11(10)12;1-2/h14-16H,4-13H2,1-3H3;4-7H,1-3H3;1-2H3/b;5-4-;. The maximum absolute atomic E-state index is 13.4. The molecule has 6 nitrogen and oxygen atoms in total. The molecule has 1 saturated heterocycles. The lowest BCUT2D eigenvalue weighted by molar-refractivity contribution is 0.147. The largest absolute Gasteiger partial charge is 0.493 e. The van der Waals surface area contributed by atoms with Crippen molar-refractivity contribution in [3.8, 4) is 11.5 Å². The minimum atomic E-state index is -0.104. The van der Waals surface area contributed by atoms with E-state index in [1.54, 1.807) is 43.8 Å². The predicted molar refractivity (Wildman–Crippen MR) is 177 cm³/mol. The van der Waals surface area contributed by atoms with Gasteiger partial charge in [-0.25, -0.2) is 14.4 Å². The smallest absolute Gasteiger partial charge is 0.162 e. The molecule has 0 bridgehead atoms. The van der Waals surface area contributed by atoms with E-state index in [0.717, 1.165) is 72.8 Å². The summed E-state index contributed by atoms with van der Waals surface area (Å²) in [5, 5.41) is 1.01. The van der Waals surface area contributed by atoms with Crippen LogP contribution in [0.2, 0.25) is 0 Å². The molecule has 1 saturated carbocycles. The second-order valence-corrected chi connectivity index (χ2v) is 11.0. The molecule has 2 aromatic carbocycles. The number of fused-ring (bicyclic) bond motifs is 1. The van der Waals surface area contributed by atoms with Gasteiger partial charge < -0.3 is 14.4 Å². The van der Waals surface area contributed by atoms with Crippen molar-refractivity contribution in [2.75, 3.05) is 46.4 Å². The molecule has 0 amide bonds. The number of piperazine rings is 1. The van der Waals surface area contributed by atoms with E-state index in [4.69, 9.17) is 9.47 Å². The number of aromatic nitrogens is 2. The molecule has 43 heavy (non-hydrogen) atoms. The van der Waals surface area contributed by atoms with Gasteiger partial charge in [0.05, 0.1) is 19.2 Å². The van der Waals surface area contributed by atoms with Crippen molar-refractivity contribution in [2.24, 2.45) is 0 Å². The summed E-state index contributed by atoms with van der Waals surface area (Å²) in [6.45, 7) is 20.2. The third kappa shape index (κ3) is 9.02. The Kier molecular flexibility index (Phi) is 13.5. The fourth-order valence-electron chi connectivity index (χ4n) is 5.35. The maximum Gasteiger partial charge on any atom is 0.162 e. The lowest BCUT2D eigenvalue weighted by Gasteiger charge is -2.38. The van der Waals surface area contributed by atoms with Crippen molar-refractivity contribution in [2.45, 2.75) is 74.1 Å². The van der Waals surface area contributed by atoms with Crippen LogP contribution in [0.4, 0.5) is 4.39 Å². The summed E-state index contributed by atoms with van der Waals surface area (Å²) in [5.74, 6) is 1.39. The van der Waals surface area contributed by atoms with Crippen molar-refractivity contribution >= 4 is 17.0 Å². The third-order valence-corrected chi connectivity index (χ3v) is 8.24. The first-order chi connectivity index (χ1) is 20.8. The van der Waals surface area contributed by atoms with Gasteiger partial charge in [-0.2, -0.15) is 0 Å². The first-order valence-corrected chi connectivity index (χ1v) is 15.8. The molecule has 0 unspecified atom stereocenters. The van der Waals surface area contributed by atoms with Crippen LogP contribution >= 0.6 is 0 Å². The second kappa shape index (κ2) is 17.0. The zero-order valence-corrected chi connectivity index (χ0v) is 27.6. The molecule has 2 aliphatic rings. The zero-order valence-electron chi connectivity index (χ0n) is 27.6. The van der Waals surface area contributed by atoms with Crippen LogP contribution in [0.5, 0.6) is 11.5 Å². The molecule has 7 heteroatoms. The zero-order chi connectivity index (χ0) is 31.4. The van der Waals surface area contributed by atoms with Crippen LogP contribution in [-0.4, -0.2) is 66.2 Å². The van der Waals surface area contributed by atoms with Crippen molar-refractivity contribution in [1.82, 2.24) is 19.8 Å². The Morgan fingerprint density at radius 2 is 1.67 bits per heavy atom. The number of benzene rings is 2. The number of aryl methyl sites for hydroxylation is 3. The van der Waals surface area contributed by atoms with Gasteiger partial charge in [0.1, 0.15) is 12.1 Å². The Hall–Kier alpha value is -3.45. The van der Waals surface area contributed by atoms with E-state index in [0.29, 0.717) is 17.7 Å². The average molecular weight is 591 g/mol. The minimum absolute atomic E-state index is 0.104. The van der Waals surface area contributed by atoms with Crippen molar-refractivity contribution < 1.29 is 13.9 Å². The summed E-state index contributed by atoms with van der Waals surface area (Å²) in [4.78, 5) is 13.7. The van der Waals surface area contributed by atoms with Gasteiger partial charge in [-0.1, -0.05) is 43.7 Å². The Morgan fingerprint density at radius 1 is 0.977 bits per heavy atom. The molecular formula is C36H51FN4O2. The van der Waals surface area contributed by atoms with Crippen LogP contribution in [0, 0.1) is 26.6 Å². The lowest BCUT2D eigenvalue weighted by atomic mass is 9.90. The molecule has 2 heterocycles. The van der Waals surface area contributed by atoms with Gasteiger partial charge in [-0.05, 0) is 77.5 Å². The van der Waals surface area contributed by atoms with E-state index in [1.165, 1.54) is 19.3 Å². The van der Waals surface area contributed by atoms with E-state index in [2.05, 4.69) is 26.7 Å². The molecule has 0 N–H and O–H groups in total. The highest BCUT2D eigenvalue weighted by Crippen LogP contribution is 2.33. The van der Waals surface area contributed by atoms with E-state index >= 15 is 0 Å². The molecule has 1 aliphatic heterocycles. The normalized spacial score (nSPS) is 14.9. The average Bonchev–Trinajstić information content (AvgIpc) is 3.00. The highest BCUT2D eigenvalue weighted by atomic mass is 19.1. The van der Waals surface area contributed by atoms with E-state index in [9.17, 15) is 4.39 Å². The summed E-state index contributed by atoms with van der Waals surface area (Å²) >= 11 is 0. The first kappa shape index (κ1) is 34.0. The molecule has 0 spiro atoms. The number of rotatable bonds is 8. The summed E-state index contributed by atoms with van der Waals surface area (Å²) in [5.41, 5.74) is 7.44. The molecular weight excluding hydrogens is 539 g/mol. The number of methoxy groups -OCH3 is 1. The van der Waals surface area contributed by atoms with Crippen molar-refractivity contribution in [3.05, 3.63) is 76.1 Å². The van der Waals surface area contributed by atoms with Crippen LogP contribution in [0.15, 0.2) is 47.9 Å². The van der Waals surface area contributed by atoms with Crippen LogP contribution in [0.25, 0.3) is 17.0 Å². The van der Waals surface area contributed by atoms with Gasteiger partial charge in [-0.15, -0.1) is 0 Å². The molecule has 1 aliphatic carbocycles. The van der Waals surface area contributed by atoms with Gasteiger partial charge >= 0.3 is 0 Å². The van der Waals surface area contributed by atoms with Gasteiger partial charge in [0, 0.05) is 61.1 Å². The van der Waals surface area contributed by atoms with Gasteiger partial charge in [0.25, 0.3) is 0 Å². The molecule has 1 aromatic heterocycles.